The number of ether oxygens (including phenoxy) is 2. The van der Waals surface area contributed by atoms with Crippen LogP contribution in [0.4, 0.5) is 5.69 Å². The number of nitrogens with zero attached hydrogens (tertiary/aromatic N) is 2. The Morgan fingerprint density at radius 2 is 2.13 bits per heavy atom. The molecule has 1 aliphatic heterocycles. The maximum absolute atomic E-state index is 13.3. The van der Waals surface area contributed by atoms with Gasteiger partial charge in [-0.1, -0.05) is 17.8 Å². The summed E-state index contributed by atoms with van der Waals surface area (Å²) in [5.74, 6) is 1.22. The van der Waals surface area contributed by atoms with Gasteiger partial charge in [0.25, 0.3) is 5.56 Å². The third-order valence-electron chi connectivity index (χ3n) is 5.34. The molecule has 1 amide bonds. The molecule has 3 heterocycles. The first kappa shape index (κ1) is 20.1. The predicted molar refractivity (Wildman–Crippen MR) is 123 cm³/mol. The van der Waals surface area contributed by atoms with Gasteiger partial charge in [0.05, 0.1) is 11.1 Å². The van der Waals surface area contributed by atoms with E-state index in [0.29, 0.717) is 28.9 Å². The van der Waals surface area contributed by atoms with Crippen molar-refractivity contribution in [3.63, 3.8) is 0 Å². The van der Waals surface area contributed by atoms with Gasteiger partial charge in [0.2, 0.25) is 12.7 Å². The summed E-state index contributed by atoms with van der Waals surface area (Å²) >= 11 is 2.87. The number of allylic oxidation sites excluding steroid dienone is 1. The fourth-order valence-electron chi connectivity index (χ4n) is 3.92. The molecule has 5 rings (SSSR count). The van der Waals surface area contributed by atoms with Crippen molar-refractivity contribution in [2.75, 3.05) is 17.9 Å². The molecular weight excluding hydrogens is 434 g/mol. The zero-order valence-corrected chi connectivity index (χ0v) is 18.4. The van der Waals surface area contributed by atoms with E-state index in [4.69, 9.17) is 14.5 Å². The van der Waals surface area contributed by atoms with Gasteiger partial charge in [0, 0.05) is 23.2 Å². The minimum Gasteiger partial charge on any atom is -0.454 e. The highest BCUT2D eigenvalue weighted by Gasteiger charge is 2.22. The van der Waals surface area contributed by atoms with Crippen LogP contribution in [0.25, 0.3) is 10.2 Å². The van der Waals surface area contributed by atoms with Crippen LogP contribution in [-0.4, -0.2) is 28.0 Å². The summed E-state index contributed by atoms with van der Waals surface area (Å²) in [6.45, 7) is 4.32. The van der Waals surface area contributed by atoms with E-state index in [1.54, 1.807) is 40.2 Å². The first-order chi connectivity index (χ1) is 15.1. The zero-order chi connectivity index (χ0) is 21.4. The van der Waals surface area contributed by atoms with E-state index in [1.165, 1.54) is 22.2 Å². The molecule has 3 aromatic rings. The van der Waals surface area contributed by atoms with Crippen molar-refractivity contribution in [1.29, 1.82) is 0 Å². The van der Waals surface area contributed by atoms with Crippen molar-refractivity contribution in [3.05, 3.63) is 51.6 Å². The highest BCUT2D eigenvalue weighted by Crippen LogP contribution is 2.35. The number of aryl methyl sites for hydroxylation is 2. The number of carbonyl (C=O) groups excluding carboxylic acids is 1. The molecule has 0 radical (unpaired) electrons. The van der Waals surface area contributed by atoms with Crippen molar-refractivity contribution in [3.8, 4) is 11.5 Å². The molecule has 0 atom stereocenters. The van der Waals surface area contributed by atoms with Crippen molar-refractivity contribution in [1.82, 2.24) is 9.55 Å². The van der Waals surface area contributed by atoms with Crippen LogP contribution in [0.5, 0.6) is 11.5 Å². The third kappa shape index (κ3) is 3.83. The molecule has 0 saturated heterocycles. The number of thiophene rings is 1. The lowest BCUT2D eigenvalue weighted by Crippen LogP contribution is -2.24. The first-order valence-corrected chi connectivity index (χ1v) is 11.9. The monoisotopic (exact) mass is 455 g/mol. The zero-order valence-electron chi connectivity index (χ0n) is 16.8. The fourth-order valence-corrected chi connectivity index (χ4v) is 6.03. The normalized spacial score (nSPS) is 14.5. The second kappa shape index (κ2) is 8.39. The maximum Gasteiger partial charge on any atom is 0.263 e. The summed E-state index contributed by atoms with van der Waals surface area (Å²) in [6, 6.07) is 5.27. The molecule has 160 valence electrons. The first-order valence-electron chi connectivity index (χ1n) is 10.1. The number of carbonyl (C=O) groups is 1. The number of amides is 1. The number of thioether (sulfide) groups is 1. The summed E-state index contributed by atoms with van der Waals surface area (Å²) < 4.78 is 12.3. The van der Waals surface area contributed by atoms with Crippen LogP contribution in [0, 0.1) is 0 Å². The second-order valence-corrected chi connectivity index (χ2v) is 9.42. The topological polar surface area (TPSA) is 82.5 Å². The lowest BCUT2D eigenvalue weighted by Gasteiger charge is -2.12. The Balaban J connectivity index is 1.38. The van der Waals surface area contributed by atoms with E-state index in [0.717, 1.165) is 35.9 Å². The summed E-state index contributed by atoms with van der Waals surface area (Å²) in [6.07, 6.45) is 5.89. The molecule has 0 saturated carbocycles. The number of hydrogen-bond acceptors (Lipinski definition) is 7. The standard InChI is InChI=1S/C22H21N3O4S2/c1-2-9-25-21(27)19-14-5-3-4-6-17(14)31-20(19)24-22(25)30-11-18(26)23-13-7-8-15-16(10-13)29-12-28-15/h2,7-8,10H,1,3-6,9,11-12H2,(H,23,26). The Morgan fingerprint density at radius 3 is 3.00 bits per heavy atom. The number of anilines is 1. The van der Waals surface area contributed by atoms with Crippen LogP contribution in [0.15, 0.2) is 40.8 Å². The minimum atomic E-state index is -0.186. The molecule has 0 unspecified atom stereocenters. The lowest BCUT2D eigenvalue weighted by atomic mass is 9.97. The van der Waals surface area contributed by atoms with Gasteiger partial charge < -0.3 is 14.8 Å². The lowest BCUT2D eigenvalue weighted by molar-refractivity contribution is -0.113. The predicted octanol–water partition coefficient (Wildman–Crippen LogP) is 3.98. The average Bonchev–Trinajstić information content (AvgIpc) is 3.38. The Labute approximate surface area is 187 Å². The largest absolute Gasteiger partial charge is 0.454 e. The highest BCUT2D eigenvalue weighted by atomic mass is 32.2. The number of rotatable bonds is 6. The van der Waals surface area contributed by atoms with Crippen LogP contribution in [-0.2, 0) is 24.2 Å². The van der Waals surface area contributed by atoms with E-state index < -0.39 is 0 Å². The maximum atomic E-state index is 13.3. The summed E-state index contributed by atoms with van der Waals surface area (Å²) in [7, 11) is 0. The van der Waals surface area contributed by atoms with Crippen molar-refractivity contribution in [2.45, 2.75) is 37.4 Å². The molecule has 9 heteroatoms. The van der Waals surface area contributed by atoms with Gasteiger partial charge in [-0.15, -0.1) is 17.9 Å². The number of fused-ring (bicyclic) bond motifs is 4. The van der Waals surface area contributed by atoms with Crippen LogP contribution in [0.3, 0.4) is 0 Å². The van der Waals surface area contributed by atoms with Crippen LogP contribution in [0.2, 0.25) is 0 Å². The fraction of sp³-hybridized carbons (Fsp3) is 0.318. The number of benzene rings is 1. The number of nitrogens with one attached hydrogen (secondary N) is 1. The molecule has 7 nitrogen and oxygen atoms in total. The molecule has 1 N–H and O–H groups in total. The molecule has 0 fully saturated rings. The summed E-state index contributed by atoms with van der Waals surface area (Å²) in [4.78, 5) is 32.6. The molecule has 31 heavy (non-hydrogen) atoms. The smallest absolute Gasteiger partial charge is 0.263 e. The molecule has 2 aliphatic rings. The molecule has 2 aromatic heterocycles. The van der Waals surface area contributed by atoms with E-state index in [2.05, 4.69) is 11.9 Å². The molecule has 0 bridgehead atoms. The van der Waals surface area contributed by atoms with Crippen molar-refractivity contribution >= 4 is 44.9 Å². The Bertz CT molecular complexity index is 1250. The average molecular weight is 456 g/mol. The quantitative estimate of drug-likeness (QED) is 0.344. The molecule has 1 aromatic carbocycles. The SMILES string of the molecule is C=CCn1c(SCC(=O)Nc2ccc3c(c2)OCO3)nc2sc3c(c2c1=O)CCCC3. The van der Waals surface area contributed by atoms with Crippen molar-refractivity contribution in [2.24, 2.45) is 0 Å². The summed E-state index contributed by atoms with van der Waals surface area (Å²) in [5, 5.41) is 4.14. The summed E-state index contributed by atoms with van der Waals surface area (Å²) in [5.41, 5.74) is 1.76. The number of hydrogen-bond donors (Lipinski definition) is 1. The van der Waals surface area contributed by atoms with Crippen LogP contribution in [0.1, 0.15) is 23.3 Å². The Hall–Kier alpha value is -2.78. The van der Waals surface area contributed by atoms with Gasteiger partial charge in [0.1, 0.15) is 4.83 Å². The van der Waals surface area contributed by atoms with E-state index in [-0.39, 0.29) is 24.0 Å². The number of aromatic nitrogens is 2. The van der Waals surface area contributed by atoms with Gasteiger partial charge in [0.15, 0.2) is 16.7 Å². The van der Waals surface area contributed by atoms with Gasteiger partial charge in [-0.05, 0) is 43.4 Å². The second-order valence-electron chi connectivity index (χ2n) is 7.39. The van der Waals surface area contributed by atoms with Crippen LogP contribution >= 0.6 is 23.1 Å². The molecule has 0 spiro atoms. The van der Waals surface area contributed by atoms with Gasteiger partial charge >= 0.3 is 0 Å². The highest BCUT2D eigenvalue weighted by molar-refractivity contribution is 7.99. The van der Waals surface area contributed by atoms with Gasteiger partial charge in [-0.25, -0.2) is 4.98 Å². The van der Waals surface area contributed by atoms with Crippen LogP contribution < -0.4 is 20.3 Å². The van der Waals surface area contributed by atoms with E-state index in [1.807, 2.05) is 0 Å². The van der Waals surface area contributed by atoms with E-state index >= 15 is 0 Å². The van der Waals surface area contributed by atoms with Gasteiger partial charge in [-0.3, -0.25) is 14.2 Å². The molecule has 1 aliphatic carbocycles. The van der Waals surface area contributed by atoms with E-state index in [9.17, 15) is 9.59 Å². The minimum absolute atomic E-state index is 0.0389. The Morgan fingerprint density at radius 1 is 1.29 bits per heavy atom. The van der Waals surface area contributed by atoms with Gasteiger partial charge in [-0.2, -0.15) is 0 Å². The third-order valence-corrected chi connectivity index (χ3v) is 7.50. The molecular formula is C22H21N3O4S2. The Kier molecular flexibility index (Phi) is 5.45. The van der Waals surface area contributed by atoms with Crippen molar-refractivity contribution < 1.29 is 14.3 Å².